The molecule has 2 aromatic rings. The van der Waals surface area contributed by atoms with Gasteiger partial charge in [0.05, 0.1) is 13.7 Å². The lowest BCUT2D eigenvalue weighted by atomic mass is 10.1. The Morgan fingerprint density at radius 2 is 2.07 bits per heavy atom. The average Bonchev–Trinajstić information content (AvgIpc) is 2.71. The predicted octanol–water partition coefficient (Wildman–Crippen LogP) is 2.95. The molecule has 0 bridgehead atoms. The molecule has 0 saturated heterocycles. The molecule has 2 aromatic carbocycles. The zero-order valence-electron chi connectivity index (χ0n) is 16.5. The van der Waals surface area contributed by atoms with Crippen molar-refractivity contribution in [2.45, 2.75) is 19.6 Å². The van der Waals surface area contributed by atoms with Crippen LogP contribution in [0.3, 0.4) is 0 Å². The highest BCUT2D eigenvalue weighted by atomic mass is 19.1. The van der Waals surface area contributed by atoms with Crippen molar-refractivity contribution in [3.8, 4) is 11.5 Å². The second-order valence-corrected chi connectivity index (χ2v) is 6.59. The van der Waals surface area contributed by atoms with Crippen molar-refractivity contribution in [3.05, 3.63) is 58.9 Å². The second kappa shape index (κ2) is 9.41. The molecule has 0 amide bonds. The number of hydrogen-bond acceptors (Lipinski definition) is 4. The Bertz CT molecular complexity index is 824. The smallest absolute Gasteiger partial charge is 0.193 e. The Morgan fingerprint density at radius 3 is 2.79 bits per heavy atom. The third-order valence-corrected chi connectivity index (χ3v) is 4.58. The number of aliphatic imine (C=N–C) groups is 1. The van der Waals surface area contributed by atoms with Crippen LogP contribution in [0.25, 0.3) is 0 Å². The summed E-state index contributed by atoms with van der Waals surface area (Å²) in [7, 11) is 5.38. The maximum atomic E-state index is 13.9. The molecule has 0 saturated carbocycles. The molecule has 0 atom stereocenters. The lowest BCUT2D eigenvalue weighted by Gasteiger charge is -2.23. The van der Waals surface area contributed by atoms with E-state index in [1.165, 1.54) is 12.1 Å². The van der Waals surface area contributed by atoms with Crippen LogP contribution in [-0.4, -0.2) is 45.4 Å². The maximum absolute atomic E-state index is 13.9. The first-order valence-corrected chi connectivity index (χ1v) is 9.17. The van der Waals surface area contributed by atoms with Gasteiger partial charge in [0.2, 0.25) is 0 Å². The summed E-state index contributed by atoms with van der Waals surface area (Å²) in [6.07, 6.45) is 0.621. The summed E-state index contributed by atoms with van der Waals surface area (Å²) >= 11 is 0. The van der Waals surface area contributed by atoms with Crippen molar-refractivity contribution in [2.75, 3.05) is 34.5 Å². The summed E-state index contributed by atoms with van der Waals surface area (Å²) in [6.45, 7) is 1.89. The monoisotopic (exact) mass is 387 g/mol. The van der Waals surface area contributed by atoms with E-state index in [9.17, 15) is 4.39 Å². The fraction of sp³-hybridized carbons (Fsp3) is 0.381. The van der Waals surface area contributed by atoms with Gasteiger partial charge in [0.1, 0.15) is 17.3 Å². The third-order valence-electron chi connectivity index (χ3n) is 4.58. The molecule has 1 aliphatic heterocycles. The standard InChI is InChI=1S/C21H26FN3O3/c1-23-21(25(2)12-15-4-6-19(26-3)7-5-15)24-9-8-16-10-18(22)11-17-13-27-14-28-20(16)17/h4-7,10-11H,8-9,12-14H2,1-3H3,(H,23,24). The Labute approximate surface area is 164 Å². The highest BCUT2D eigenvalue weighted by Crippen LogP contribution is 2.29. The van der Waals surface area contributed by atoms with Crippen molar-refractivity contribution < 1.29 is 18.6 Å². The fourth-order valence-electron chi connectivity index (χ4n) is 3.22. The van der Waals surface area contributed by atoms with Gasteiger partial charge >= 0.3 is 0 Å². The van der Waals surface area contributed by atoms with Gasteiger partial charge in [-0.15, -0.1) is 0 Å². The number of guanidine groups is 1. The number of ether oxygens (including phenoxy) is 3. The van der Waals surface area contributed by atoms with Crippen molar-refractivity contribution in [1.29, 1.82) is 0 Å². The minimum atomic E-state index is -0.274. The van der Waals surface area contributed by atoms with E-state index in [1.54, 1.807) is 14.2 Å². The van der Waals surface area contributed by atoms with Gasteiger partial charge in [-0.05, 0) is 41.8 Å². The summed E-state index contributed by atoms with van der Waals surface area (Å²) in [6, 6.07) is 10.9. The number of nitrogens with zero attached hydrogens (tertiary/aromatic N) is 2. The Balaban J connectivity index is 1.57. The van der Waals surface area contributed by atoms with E-state index in [0.29, 0.717) is 26.1 Å². The molecule has 0 unspecified atom stereocenters. The lowest BCUT2D eigenvalue weighted by molar-refractivity contribution is -0.0172. The highest BCUT2D eigenvalue weighted by molar-refractivity contribution is 5.79. The molecule has 0 fully saturated rings. The van der Waals surface area contributed by atoms with Crippen molar-refractivity contribution in [1.82, 2.24) is 10.2 Å². The minimum absolute atomic E-state index is 0.200. The normalized spacial score (nSPS) is 13.5. The number of rotatable bonds is 6. The number of benzene rings is 2. The number of nitrogens with one attached hydrogen (secondary N) is 1. The molecule has 7 heteroatoms. The first-order chi connectivity index (χ1) is 13.6. The number of hydrogen-bond donors (Lipinski definition) is 1. The zero-order chi connectivity index (χ0) is 19.9. The fourth-order valence-corrected chi connectivity index (χ4v) is 3.22. The van der Waals surface area contributed by atoms with Gasteiger partial charge in [0.15, 0.2) is 12.8 Å². The van der Waals surface area contributed by atoms with E-state index in [2.05, 4.69) is 10.3 Å². The molecule has 1 aliphatic rings. The van der Waals surface area contributed by atoms with E-state index < -0.39 is 0 Å². The summed E-state index contributed by atoms with van der Waals surface area (Å²) in [5.41, 5.74) is 2.74. The maximum Gasteiger partial charge on any atom is 0.193 e. The van der Waals surface area contributed by atoms with Crippen LogP contribution in [0.2, 0.25) is 0 Å². The number of fused-ring (bicyclic) bond motifs is 1. The quantitative estimate of drug-likeness (QED) is 0.610. The molecule has 1 N–H and O–H groups in total. The van der Waals surface area contributed by atoms with Crippen molar-refractivity contribution in [3.63, 3.8) is 0 Å². The SMILES string of the molecule is CN=C(NCCc1cc(F)cc2c1OCOC2)N(C)Cc1ccc(OC)cc1. The first-order valence-electron chi connectivity index (χ1n) is 9.17. The zero-order valence-corrected chi connectivity index (χ0v) is 16.5. The van der Waals surface area contributed by atoms with Gasteiger partial charge in [-0.25, -0.2) is 4.39 Å². The van der Waals surface area contributed by atoms with Crippen LogP contribution in [-0.2, 0) is 24.3 Å². The van der Waals surface area contributed by atoms with Crippen LogP contribution in [0.1, 0.15) is 16.7 Å². The minimum Gasteiger partial charge on any atom is -0.497 e. The molecule has 28 heavy (non-hydrogen) atoms. The molecule has 0 aliphatic carbocycles. The molecule has 150 valence electrons. The molecule has 1 heterocycles. The summed E-state index contributed by atoms with van der Waals surface area (Å²) in [5, 5.41) is 3.33. The summed E-state index contributed by atoms with van der Waals surface area (Å²) < 4.78 is 29.9. The summed E-state index contributed by atoms with van der Waals surface area (Å²) in [4.78, 5) is 6.37. The van der Waals surface area contributed by atoms with E-state index in [4.69, 9.17) is 14.2 Å². The third kappa shape index (κ3) is 4.92. The summed E-state index contributed by atoms with van der Waals surface area (Å²) in [5.74, 6) is 2.06. The molecule has 3 rings (SSSR count). The Morgan fingerprint density at radius 1 is 1.29 bits per heavy atom. The van der Waals surface area contributed by atoms with Gasteiger partial charge < -0.3 is 24.4 Å². The molecular formula is C21H26FN3O3. The molecular weight excluding hydrogens is 361 g/mol. The van der Waals surface area contributed by atoms with Gasteiger partial charge in [-0.2, -0.15) is 0 Å². The molecule has 0 spiro atoms. The Kier molecular flexibility index (Phi) is 6.71. The number of halogens is 1. The average molecular weight is 387 g/mol. The molecule has 6 nitrogen and oxygen atoms in total. The van der Waals surface area contributed by atoms with Crippen LogP contribution in [0, 0.1) is 5.82 Å². The molecule has 0 radical (unpaired) electrons. The van der Waals surface area contributed by atoms with Gasteiger partial charge in [-0.3, -0.25) is 4.99 Å². The van der Waals surface area contributed by atoms with Gasteiger partial charge in [0.25, 0.3) is 0 Å². The van der Waals surface area contributed by atoms with Crippen LogP contribution < -0.4 is 14.8 Å². The van der Waals surface area contributed by atoms with E-state index in [-0.39, 0.29) is 12.6 Å². The second-order valence-electron chi connectivity index (χ2n) is 6.59. The Hall–Kier alpha value is -2.80. The van der Waals surface area contributed by atoms with Gasteiger partial charge in [-0.1, -0.05) is 12.1 Å². The largest absolute Gasteiger partial charge is 0.497 e. The van der Waals surface area contributed by atoms with Crippen molar-refractivity contribution >= 4 is 5.96 Å². The molecule has 0 aromatic heterocycles. The van der Waals surface area contributed by atoms with Gasteiger partial charge in [0, 0.05) is 32.7 Å². The first kappa shape index (κ1) is 19.9. The van der Waals surface area contributed by atoms with E-state index in [1.807, 2.05) is 36.2 Å². The van der Waals surface area contributed by atoms with E-state index in [0.717, 1.165) is 34.1 Å². The van der Waals surface area contributed by atoms with Crippen LogP contribution in [0.4, 0.5) is 4.39 Å². The van der Waals surface area contributed by atoms with Crippen molar-refractivity contribution in [2.24, 2.45) is 4.99 Å². The van der Waals surface area contributed by atoms with Crippen LogP contribution in [0.15, 0.2) is 41.4 Å². The number of methoxy groups -OCH3 is 1. The van der Waals surface area contributed by atoms with E-state index >= 15 is 0 Å². The predicted molar refractivity (Wildman–Crippen MR) is 106 cm³/mol. The highest BCUT2D eigenvalue weighted by Gasteiger charge is 2.17. The lowest BCUT2D eigenvalue weighted by Crippen LogP contribution is -2.39. The van der Waals surface area contributed by atoms with Crippen LogP contribution >= 0.6 is 0 Å². The topological polar surface area (TPSA) is 55.3 Å². The van der Waals surface area contributed by atoms with Crippen LogP contribution in [0.5, 0.6) is 11.5 Å².